The average molecular weight is 401 g/mol. The summed E-state index contributed by atoms with van der Waals surface area (Å²) in [6.07, 6.45) is 1.58. The molecule has 0 unspecified atom stereocenters. The molecular formula is C23H20FN5O. The number of benzene rings is 2. The molecule has 0 aliphatic rings. The highest BCUT2D eigenvalue weighted by atomic mass is 19.1. The molecule has 4 aromatic rings. The molecule has 0 aliphatic heterocycles. The van der Waals surface area contributed by atoms with Crippen molar-refractivity contribution in [3.8, 4) is 0 Å². The van der Waals surface area contributed by atoms with Crippen molar-refractivity contribution >= 4 is 28.3 Å². The molecule has 7 heteroatoms. The van der Waals surface area contributed by atoms with E-state index in [4.69, 9.17) is 0 Å². The summed E-state index contributed by atoms with van der Waals surface area (Å²) in [7, 11) is 1.69. The summed E-state index contributed by atoms with van der Waals surface area (Å²) in [5, 5.41) is 4.01. The molecule has 0 atom stereocenters. The Hall–Kier alpha value is -3.87. The van der Waals surface area contributed by atoms with E-state index in [-0.39, 0.29) is 18.3 Å². The van der Waals surface area contributed by atoms with E-state index < -0.39 is 0 Å². The molecular weight excluding hydrogens is 381 g/mol. The molecule has 30 heavy (non-hydrogen) atoms. The Kier molecular flexibility index (Phi) is 5.34. The normalized spacial score (nSPS) is 10.8. The van der Waals surface area contributed by atoms with Gasteiger partial charge in [0.2, 0.25) is 0 Å². The largest absolute Gasteiger partial charge is 0.339 e. The van der Waals surface area contributed by atoms with Gasteiger partial charge in [0.25, 0.3) is 5.91 Å². The summed E-state index contributed by atoms with van der Waals surface area (Å²) in [6, 6.07) is 17.1. The highest BCUT2D eigenvalue weighted by Gasteiger charge is 2.18. The molecule has 150 valence electrons. The third-order valence-corrected chi connectivity index (χ3v) is 4.69. The first-order valence-electron chi connectivity index (χ1n) is 9.46. The molecule has 0 spiro atoms. The van der Waals surface area contributed by atoms with Crippen LogP contribution in [0.4, 0.5) is 15.9 Å². The van der Waals surface area contributed by atoms with Gasteiger partial charge >= 0.3 is 0 Å². The fourth-order valence-corrected chi connectivity index (χ4v) is 3.24. The van der Waals surface area contributed by atoms with Crippen LogP contribution in [-0.2, 0) is 6.54 Å². The molecule has 1 amide bonds. The van der Waals surface area contributed by atoms with Crippen LogP contribution in [0.1, 0.15) is 21.9 Å². The van der Waals surface area contributed by atoms with Crippen molar-refractivity contribution in [1.82, 2.24) is 19.9 Å². The lowest BCUT2D eigenvalue weighted by molar-refractivity contribution is 0.0782. The van der Waals surface area contributed by atoms with Crippen molar-refractivity contribution in [2.45, 2.75) is 13.5 Å². The second-order valence-corrected chi connectivity index (χ2v) is 6.94. The zero-order chi connectivity index (χ0) is 21.1. The van der Waals surface area contributed by atoms with Gasteiger partial charge in [-0.25, -0.2) is 19.3 Å². The monoisotopic (exact) mass is 401 g/mol. The molecule has 0 radical (unpaired) electrons. The lowest BCUT2D eigenvalue weighted by atomic mass is 10.2. The first-order valence-corrected chi connectivity index (χ1v) is 9.46. The molecule has 2 aromatic heterocycles. The predicted octanol–water partition coefficient (Wildman–Crippen LogP) is 4.49. The number of hydrogen-bond acceptors (Lipinski definition) is 5. The second-order valence-electron chi connectivity index (χ2n) is 6.94. The number of carbonyl (C=O) groups excluding carboxylic acids is 1. The van der Waals surface area contributed by atoms with Crippen LogP contribution in [0, 0.1) is 12.7 Å². The zero-order valence-corrected chi connectivity index (χ0v) is 16.6. The van der Waals surface area contributed by atoms with Crippen LogP contribution in [0.25, 0.3) is 10.9 Å². The zero-order valence-electron chi connectivity index (χ0n) is 16.6. The van der Waals surface area contributed by atoms with Crippen LogP contribution >= 0.6 is 0 Å². The first kappa shape index (κ1) is 19.4. The van der Waals surface area contributed by atoms with E-state index in [1.165, 1.54) is 17.0 Å². The maximum atomic E-state index is 13.5. The summed E-state index contributed by atoms with van der Waals surface area (Å²) < 4.78 is 13.5. The number of anilines is 2. The van der Waals surface area contributed by atoms with E-state index in [2.05, 4.69) is 20.3 Å². The first-order chi connectivity index (χ1) is 14.5. The van der Waals surface area contributed by atoms with Crippen molar-refractivity contribution in [3.63, 3.8) is 0 Å². The summed E-state index contributed by atoms with van der Waals surface area (Å²) in [4.78, 5) is 28.0. The Balaban J connectivity index is 1.57. The number of pyridine rings is 1. The van der Waals surface area contributed by atoms with Gasteiger partial charge in [-0.1, -0.05) is 24.3 Å². The van der Waals surface area contributed by atoms with Gasteiger partial charge in [-0.15, -0.1) is 0 Å². The molecule has 0 bridgehead atoms. The highest BCUT2D eigenvalue weighted by molar-refractivity contribution is 5.99. The number of nitrogens with one attached hydrogen (secondary N) is 1. The number of rotatable bonds is 5. The number of aryl methyl sites for hydroxylation is 1. The molecule has 2 aromatic carbocycles. The summed E-state index contributed by atoms with van der Waals surface area (Å²) in [5.74, 6) is 0.308. The predicted molar refractivity (Wildman–Crippen MR) is 114 cm³/mol. The molecule has 6 nitrogen and oxygen atoms in total. The SMILES string of the molecule is Cc1nc(CN(C)C(=O)c2cccnc2Nc2cccc(F)c2)nc2ccccc12. The number of para-hydroxylation sites is 1. The number of nitrogens with zero attached hydrogens (tertiary/aromatic N) is 4. The third kappa shape index (κ3) is 4.10. The molecule has 4 rings (SSSR count). The molecule has 0 fully saturated rings. The maximum Gasteiger partial charge on any atom is 0.257 e. The van der Waals surface area contributed by atoms with Gasteiger partial charge in [-0.2, -0.15) is 0 Å². The van der Waals surface area contributed by atoms with Crippen molar-refractivity contribution in [2.75, 3.05) is 12.4 Å². The van der Waals surface area contributed by atoms with Crippen molar-refractivity contribution < 1.29 is 9.18 Å². The van der Waals surface area contributed by atoms with Crippen molar-refractivity contribution in [2.24, 2.45) is 0 Å². The van der Waals surface area contributed by atoms with E-state index >= 15 is 0 Å². The van der Waals surface area contributed by atoms with Gasteiger partial charge in [0.05, 0.1) is 17.6 Å². The van der Waals surface area contributed by atoms with Crippen LogP contribution in [0.5, 0.6) is 0 Å². The number of halogens is 1. The molecule has 0 saturated carbocycles. The number of amides is 1. The lowest BCUT2D eigenvalue weighted by Gasteiger charge is -2.19. The fourth-order valence-electron chi connectivity index (χ4n) is 3.24. The summed E-state index contributed by atoms with van der Waals surface area (Å²) >= 11 is 0. The summed E-state index contributed by atoms with van der Waals surface area (Å²) in [6.45, 7) is 2.18. The van der Waals surface area contributed by atoms with Crippen LogP contribution in [-0.4, -0.2) is 32.8 Å². The lowest BCUT2D eigenvalue weighted by Crippen LogP contribution is -2.28. The van der Waals surface area contributed by atoms with Crippen LogP contribution < -0.4 is 5.32 Å². The number of hydrogen-bond donors (Lipinski definition) is 1. The standard InChI is InChI=1S/C23H20FN5O/c1-15-18-9-3-4-11-20(18)28-21(26-15)14-29(2)23(30)19-10-6-12-25-22(19)27-17-8-5-7-16(24)13-17/h3-13H,14H2,1-2H3,(H,25,27). The van der Waals surface area contributed by atoms with E-state index in [9.17, 15) is 9.18 Å². The van der Waals surface area contributed by atoms with Crippen LogP contribution in [0.15, 0.2) is 66.9 Å². The van der Waals surface area contributed by atoms with Crippen LogP contribution in [0.3, 0.4) is 0 Å². The number of carbonyl (C=O) groups is 1. The minimum atomic E-state index is -0.371. The molecule has 0 aliphatic carbocycles. The number of aromatic nitrogens is 3. The molecule has 0 saturated heterocycles. The van der Waals surface area contributed by atoms with Crippen molar-refractivity contribution in [1.29, 1.82) is 0 Å². The minimum absolute atomic E-state index is 0.239. The Bertz CT molecular complexity index is 1230. The van der Waals surface area contributed by atoms with Gasteiger partial charge in [0, 0.05) is 30.0 Å². The number of fused-ring (bicyclic) bond motifs is 1. The fraction of sp³-hybridized carbons (Fsp3) is 0.130. The Morgan fingerprint density at radius 3 is 2.73 bits per heavy atom. The maximum absolute atomic E-state index is 13.5. The van der Waals surface area contributed by atoms with Gasteiger partial charge in [-0.05, 0) is 43.3 Å². The van der Waals surface area contributed by atoms with E-state index in [0.717, 1.165) is 16.6 Å². The van der Waals surface area contributed by atoms with Gasteiger partial charge in [0.15, 0.2) is 0 Å². The quantitative estimate of drug-likeness (QED) is 0.534. The van der Waals surface area contributed by atoms with E-state index in [0.29, 0.717) is 22.9 Å². The van der Waals surface area contributed by atoms with Gasteiger partial charge in [0.1, 0.15) is 17.5 Å². The Morgan fingerprint density at radius 2 is 1.90 bits per heavy atom. The second kappa shape index (κ2) is 8.24. The van der Waals surface area contributed by atoms with Crippen LogP contribution in [0.2, 0.25) is 0 Å². The minimum Gasteiger partial charge on any atom is -0.339 e. The Morgan fingerprint density at radius 1 is 1.07 bits per heavy atom. The van der Waals surface area contributed by atoms with Gasteiger partial charge < -0.3 is 10.2 Å². The highest BCUT2D eigenvalue weighted by Crippen LogP contribution is 2.21. The Labute approximate surface area is 173 Å². The summed E-state index contributed by atoms with van der Waals surface area (Å²) in [5.41, 5.74) is 2.60. The van der Waals surface area contributed by atoms with E-state index in [1.54, 1.807) is 37.5 Å². The molecule has 1 N–H and O–H groups in total. The van der Waals surface area contributed by atoms with Crippen molar-refractivity contribution in [3.05, 3.63) is 89.8 Å². The molecule has 2 heterocycles. The smallest absolute Gasteiger partial charge is 0.257 e. The average Bonchev–Trinajstić information content (AvgIpc) is 2.74. The third-order valence-electron chi connectivity index (χ3n) is 4.69. The topological polar surface area (TPSA) is 71.0 Å². The van der Waals surface area contributed by atoms with E-state index in [1.807, 2.05) is 31.2 Å². The van der Waals surface area contributed by atoms with Gasteiger partial charge in [-0.3, -0.25) is 4.79 Å².